The van der Waals surface area contributed by atoms with Crippen molar-refractivity contribution in [2.24, 2.45) is 0 Å². The molecule has 2 N–H and O–H groups in total. The molecule has 5 heteroatoms. The van der Waals surface area contributed by atoms with E-state index in [0.29, 0.717) is 6.04 Å². The Morgan fingerprint density at radius 1 is 0.958 bits per heavy atom. The Bertz CT molecular complexity index is 725. The van der Waals surface area contributed by atoms with Gasteiger partial charge in [0.25, 0.3) is 0 Å². The molecule has 0 spiro atoms. The van der Waals surface area contributed by atoms with Crippen LogP contribution in [0.1, 0.15) is 24.9 Å². The predicted octanol–water partition coefficient (Wildman–Crippen LogP) is 3.42. The van der Waals surface area contributed by atoms with Gasteiger partial charge in [-0.15, -0.1) is 10.2 Å². The van der Waals surface area contributed by atoms with Crippen molar-refractivity contribution in [2.75, 3.05) is 18.4 Å². The average Bonchev–Trinajstić information content (AvgIpc) is 3.17. The van der Waals surface area contributed by atoms with E-state index < -0.39 is 0 Å². The first-order valence-corrected chi connectivity index (χ1v) is 8.30. The predicted molar refractivity (Wildman–Crippen MR) is 97.3 cm³/mol. The molecule has 124 valence electrons. The SMILES string of the molecule is C[C@H](NCCCNc1ccccc1)c1cccc(-n2cnnc2)c1. The van der Waals surface area contributed by atoms with Crippen LogP contribution in [0.4, 0.5) is 5.69 Å². The maximum absolute atomic E-state index is 3.86. The third kappa shape index (κ3) is 4.43. The Morgan fingerprint density at radius 3 is 2.54 bits per heavy atom. The normalized spacial score (nSPS) is 12.0. The summed E-state index contributed by atoms with van der Waals surface area (Å²) in [6.45, 7) is 4.12. The van der Waals surface area contributed by atoms with Gasteiger partial charge in [0, 0.05) is 24.0 Å². The van der Waals surface area contributed by atoms with Crippen LogP contribution in [0.25, 0.3) is 5.69 Å². The number of nitrogens with one attached hydrogen (secondary N) is 2. The molecular formula is C19H23N5. The summed E-state index contributed by atoms with van der Waals surface area (Å²) in [4.78, 5) is 0. The smallest absolute Gasteiger partial charge is 0.123 e. The Labute approximate surface area is 142 Å². The largest absolute Gasteiger partial charge is 0.385 e. The zero-order valence-electron chi connectivity index (χ0n) is 13.9. The molecule has 0 amide bonds. The van der Waals surface area contributed by atoms with Gasteiger partial charge in [-0.2, -0.15) is 0 Å². The molecule has 24 heavy (non-hydrogen) atoms. The van der Waals surface area contributed by atoms with Crippen LogP contribution in [0.2, 0.25) is 0 Å². The topological polar surface area (TPSA) is 54.8 Å². The fourth-order valence-electron chi connectivity index (χ4n) is 2.60. The minimum Gasteiger partial charge on any atom is -0.385 e. The highest BCUT2D eigenvalue weighted by Crippen LogP contribution is 2.16. The highest BCUT2D eigenvalue weighted by Gasteiger charge is 2.06. The van der Waals surface area contributed by atoms with Gasteiger partial charge in [-0.25, -0.2) is 0 Å². The lowest BCUT2D eigenvalue weighted by Crippen LogP contribution is -2.21. The van der Waals surface area contributed by atoms with Crippen LogP contribution in [0.5, 0.6) is 0 Å². The van der Waals surface area contributed by atoms with Crippen molar-refractivity contribution in [3.63, 3.8) is 0 Å². The highest BCUT2D eigenvalue weighted by atomic mass is 15.2. The highest BCUT2D eigenvalue weighted by molar-refractivity contribution is 5.42. The van der Waals surface area contributed by atoms with E-state index >= 15 is 0 Å². The zero-order chi connectivity index (χ0) is 16.6. The number of para-hydroxylation sites is 1. The molecular weight excluding hydrogens is 298 g/mol. The minimum atomic E-state index is 0.304. The standard InChI is InChI=1S/C19H23N5/c1-16(20-11-6-12-21-18-8-3-2-4-9-18)17-7-5-10-19(13-17)24-14-22-23-15-24/h2-5,7-10,13-16,20-21H,6,11-12H2,1H3/t16-/m0/s1. The summed E-state index contributed by atoms with van der Waals surface area (Å²) in [5, 5.41) is 14.7. The molecule has 0 bridgehead atoms. The number of nitrogens with zero attached hydrogens (tertiary/aromatic N) is 3. The first-order chi connectivity index (χ1) is 11.8. The van der Waals surface area contributed by atoms with Crippen molar-refractivity contribution in [2.45, 2.75) is 19.4 Å². The summed E-state index contributed by atoms with van der Waals surface area (Å²) in [7, 11) is 0. The molecule has 0 saturated heterocycles. The van der Waals surface area contributed by atoms with Gasteiger partial charge in [0.05, 0.1) is 0 Å². The van der Waals surface area contributed by atoms with E-state index in [1.54, 1.807) is 12.7 Å². The summed E-state index contributed by atoms with van der Waals surface area (Å²) >= 11 is 0. The maximum Gasteiger partial charge on any atom is 0.123 e. The lowest BCUT2D eigenvalue weighted by Gasteiger charge is -2.15. The first kappa shape index (κ1) is 16.2. The number of hydrogen-bond donors (Lipinski definition) is 2. The van der Waals surface area contributed by atoms with Gasteiger partial charge in [-0.1, -0.05) is 30.3 Å². The second-order valence-electron chi connectivity index (χ2n) is 5.79. The van der Waals surface area contributed by atoms with Gasteiger partial charge >= 0.3 is 0 Å². The second-order valence-corrected chi connectivity index (χ2v) is 5.79. The summed E-state index contributed by atoms with van der Waals surface area (Å²) < 4.78 is 1.92. The molecule has 1 atom stereocenters. The molecule has 2 aromatic carbocycles. The van der Waals surface area contributed by atoms with E-state index in [1.165, 1.54) is 11.3 Å². The van der Waals surface area contributed by atoms with Gasteiger partial charge in [-0.3, -0.25) is 4.57 Å². The molecule has 0 saturated carbocycles. The van der Waals surface area contributed by atoms with Gasteiger partial charge in [0.2, 0.25) is 0 Å². The monoisotopic (exact) mass is 321 g/mol. The second kappa shape index (κ2) is 8.26. The molecule has 0 aliphatic rings. The molecule has 0 aliphatic carbocycles. The van der Waals surface area contributed by atoms with Crippen LogP contribution in [-0.4, -0.2) is 27.9 Å². The molecule has 3 rings (SSSR count). The van der Waals surface area contributed by atoms with Gasteiger partial charge < -0.3 is 10.6 Å². The Balaban J connectivity index is 1.45. The summed E-state index contributed by atoms with van der Waals surface area (Å²) in [5.74, 6) is 0. The van der Waals surface area contributed by atoms with E-state index in [2.05, 4.69) is 64.2 Å². The number of hydrogen-bond acceptors (Lipinski definition) is 4. The zero-order valence-corrected chi connectivity index (χ0v) is 13.9. The number of aromatic nitrogens is 3. The van der Waals surface area contributed by atoms with Crippen LogP contribution in [-0.2, 0) is 0 Å². The van der Waals surface area contributed by atoms with Crippen LogP contribution >= 0.6 is 0 Å². The summed E-state index contributed by atoms with van der Waals surface area (Å²) in [5.41, 5.74) is 3.52. The number of benzene rings is 2. The van der Waals surface area contributed by atoms with Crippen molar-refractivity contribution in [1.82, 2.24) is 20.1 Å². The summed E-state index contributed by atoms with van der Waals surface area (Å²) in [6.07, 6.45) is 4.50. The van der Waals surface area contributed by atoms with Crippen molar-refractivity contribution < 1.29 is 0 Å². The van der Waals surface area contributed by atoms with E-state index in [9.17, 15) is 0 Å². The van der Waals surface area contributed by atoms with Crippen molar-refractivity contribution in [3.05, 3.63) is 72.8 Å². The lowest BCUT2D eigenvalue weighted by atomic mass is 10.1. The van der Waals surface area contributed by atoms with E-state index in [-0.39, 0.29) is 0 Å². The summed E-state index contributed by atoms with van der Waals surface area (Å²) in [6, 6.07) is 19.1. The third-order valence-corrected chi connectivity index (χ3v) is 3.99. The number of anilines is 1. The van der Waals surface area contributed by atoms with Crippen molar-refractivity contribution in [1.29, 1.82) is 0 Å². The van der Waals surface area contributed by atoms with E-state index in [1.807, 2.05) is 22.8 Å². The molecule has 1 heterocycles. The fraction of sp³-hybridized carbons (Fsp3) is 0.263. The molecule has 0 fully saturated rings. The molecule has 5 nitrogen and oxygen atoms in total. The Hall–Kier alpha value is -2.66. The maximum atomic E-state index is 3.86. The van der Waals surface area contributed by atoms with Gasteiger partial charge in [-0.05, 0) is 49.7 Å². The minimum absolute atomic E-state index is 0.304. The van der Waals surface area contributed by atoms with E-state index in [4.69, 9.17) is 0 Å². The van der Waals surface area contributed by atoms with Crippen molar-refractivity contribution in [3.8, 4) is 5.69 Å². The van der Waals surface area contributed by atoms with Crippen LogP contribution < -0.4 is 10.6 Å². The van der Waals surface area contributed by atoms with Crippen LogP contribution in [0.3, 0.4) is 0 Å². The average molecular weight is 321 g/mol. The molecule has 1 aromatic heterocycles. The third-order valence-electron chi connectivity index (χ3n) is 3.99. The van der Waals surface area contributed by atoms with E-state index in [0.717, 1.165) is 25.2 Å². The van der Waals surface area contributed by atoms with Gasteiger partial charge in [0.1, 0.15) is 12.7 Å². The first-order valence-electron chi connectivity index (χ1n) is 8.30. The van der Waals surface area contributed by atoms with Crippen molar-refractivity contribution >= 4 is 5.69 Å². The Kier molecular flexibility index (Phi) is 5.58. The molecule has 0 unspecified atom stereocenters. The number of rotatable bonds is 8. The Morgan fingerprint density at radius 2 is 1.75 bits per heavy atom. The molecule has 0 aliphatic heterocycles. The van der Waals surface area contributed by atoms with Crippen LogP contribution in [0.15, 0.2) is 67.3 Å². The van der Waals surface area contributed by atoms with Gasteiger partial charge in [0.15, 0.2) is 0 Å². The lowest BCUT2D eigenvalue weighted by molar-refractivity contribution is 0.565. The molecule has 0 radical (unpaired) electrons. The fourth-order valence-corrected chi connectivity index (χ4v) is 2.60. The molecule has 3 aromatic rings. The quantitative estimate of drug-likeness (QED) is 0.624. The van der Waals surface area contributed by atoms with Crippen LogP contribution in [0, 0.1) is 0 Å².